The second kappa shape index (κ2) is 8.49. The Hall–Kier alpha value is -4.44. The maximum Gasteiger partial charge on any atom is 0.285 e. The van der Waals surface area contributed by atoms with Crippen LogP contribution < -0.4 is 16.0 Å². The molecule has 0 fully saturated rings. The molecule has 0 aliphatic rings. The molecule has 0 atom stereocenters. The van der Waals surface area contributed by atoms with E-state index in [0.717, 1.165) is 16.8 Å². The van der Waals surface area contributed by atoms with E-state index in [1.807, 2.05) is 37.3 Å². The zero-order valence-corrected chi connectivity index (χ0v) is 18.5. The van der Waals surface area contributed by atoms with Crippen LogP contribution in [0.1, 0.15) is 11.4 Å². The number of nitrogens with two attached hydrogens (primary N) is 1. The number of fused-ring (bicyclic) bond motifs is 2. The minimum atomic E-state index is -0.631. The number of primary amides is 1. The third-order valence-electron chi connectivity index (χ3n) is 5.40. The fourth-order valence-corrected chi connectivity index (χ4v) is 3.94. The van der Waals surface area contributed by atoms with Crippen LogP contribution in [0, 0.1) is 6.92 Å². The summed E-state index contributed by atoms with van der Waals surface area (Å²) in [6, 6.07) is 14.9. The fourth-order valence-electron chi connectivity index (χ4n) is 3.94. The first kappa shape index (κ1) is 21.4. The molecule has 0 aliphatic carbocycles. The van der Waals surface area contributed by atoms with E-state index in [4.69, 9.17) is 24.6 Å². The molecule has 0 unspecified atom stereocenters. The van der Waals surface area contributed by atoms with Crippen molar-refractivity contribution in [2.75, 3.05) is 13.7 Å². The topological polar surface area (TPSA) is 138 Å². The van der Waals surface area contributed by atoms with Gasteiger partial charge in [-0.05, 0) is 24.6 Å². The van der Waals surface area contributed by atoms with Crippen molar-refractivity contribution in [3.63, 3.8) is 0 Å². The number of nitrogens with zero attached hydrogens (tertiary/aromatic N) is 3. The Labute approximate surface area is 192 Å². The van der Waals surface area contributed by atoms with Crippen LogP contribution >= 0.6 is 0 Å². The molecule has 3 N–H and O–H groups in total. The normalized spacial score (nSPS) is 11.4. The first-order chi connectivity index (χ1) is 16.5. The van der Waals surface area contributed by atoms with Crippen molar-refractivity contribution in [3.05, 3.63) is 70.3 Å². The third kappa shape index (κ3) is 3.59. The number of H-pyrrole nitrogens is 1. The van der Waals surface area contributed by atoms with Crippen LogP contribution in [0.15, 0.2) is 57.7 Å². The lowest BCUT2D eigenvalue weighted by Crippen LogP contribution is -2.22. The average molecular weight is 459 g/mol. The lowest BCUT2D eigenvalue weighted by molar-refractivity contribution is -0.122. The molecule has 0 saturated carbocycles. The molecule has 3 aromatic heterocycles. The number of ether oxygens (including phenoxy) is 2. The second-order valence-corrected chi connectivity index (χ2v) is 7.66. The quantitative estimate of drug-likeness (QED) is 0.382. The van der Waals surface area contributed by atoms with Crippen LogP contribution in [0.2, 0.25) is 0 Å². The molecule has 5 rings (SSSR count). The number of methoxy groups -OCH3 is 1. The van der Waals surface area contributed by atoms with E-state index in [0.29, 0.717) is 22.5 Å². The van der Waals surface area contributed by atoms with Gasteiger partial charge in [0.05, 0.1) is 19.4 Å². The van der Waals surface area contributed by atoms with Gasteiger partial charge in [-0.1, -0.05) is 36.4 Å². The van der Waals surface area contributed by atoms with Crippen LogP contribution in [-0.4, -0.2) is 39.2 Å². The molecule has 0 aliphatic heterocycles. The van der Waals surface area contributed by atoms with E-state index >= 15 is 0 Å². The summed E-state index contributed by atoms with van der Waals surface area (Å²) >= 11 is 0. The van der Waals surface area contributed by atoms with E-state index in [9.17, 15) is 9.59 Å². The lowest BCUT2D eigenvalue weighted by Gasteiger charge is -2.08. The first-order valence-corrected chi connectivity index (χ1v) is 10.5. The number of benzene rings is 2. The average Bonchev–Trinajstić information content (AvgIpc) is 3.40. The number of amides is 1. The Balaban J connectivity index is 1.76. The summed E-state index contributed by atoms with van der Waals surface area (Å²) in [5.74, 6) is -0.0544. The molecule has 0 bridgehead atoms. The largest absolute Gasteiger partial charge is 0.494 e. The number of hydrogen-bond acceptors (Lipinski definition) is 7. The standard InChI is InChI=1S/C24H21N5O5/c1-13-19(14-7-4-3-5-8-14)22-26-15(11-33-12-18(25)30)20(24(31)29(22)28-13)23-27-21-16(32-2)9-6-10-17(21)34-23/h3-10,28H,11-12H2,1-2H3,(H2,25,30). The monoisotopic (exact) mass is 459 g/mol. The van der Waals surface area contributed by atoms with Gasteiger partial charge < -0.3 is 19.6 Å². The van der Waals surface area contributed by atoms with Crippen LogP contribution in [0.25, 0.3) is 39.3 Å². The van der Waals surface area contributed by atoms with E-state index in [-0.39, 0.29) is 30.4 Å². The predicted molar refractivity (Wildman–Crippen MR) is 124 cm³/mol. The van der Waals surface area contributed by atoms with Crippen LogP contribution in [-0.2, 0) is 16.1 Å². The Morgan fingerprint density at radius 2 is 1.91 bits per heavy atom. The number of nitrogens with one attached hydrogen (secondary N) is 1. The summed E-state index contributed by atoms with van der Waals surface area (Å²) < 4.78 is 18.1. The van der Waals surface area contributed by atoms with Crippen molar-refractivity contribution >= 4 is 22.7 Å². The summed E-state index contributed by atoms with van der Waals surface area (Å²) in [5.41, 5.74) is 8.96. The predicted octanol–water partition coefficient (Wildman–Crippen LogP) is 2.82. The smallest absolute Gasteiger partial charge is 0.285 e. The van der Waals surface area contributed by atoms with Gasteiger partial charge in [-0.2, -0.15) is 0 Å². The number of aromatic nitrogens is 4. The van der Waals surface area contributed by atoms with Gasteiger partial charge in [0.2, 0.25) is 11.8 Å². The van der Waals surface area contributed by atoms with Gasteiger partial charge in [-0.25, -0.2) is 14.5 Å². The SMILES string of the molecule is COc1cccc2oc(-c3c(COCC(N)=O)nc4c(-c5ccccc5)c(C)[nH]n4c3=O)nc12. The summed E-state index contributed by atoms with van der Waals surface area (Å²) in [4.78, 5) is 34.2. The van der Waals surface area contributed by atoms with E-state index < -0.39 is 11.5 Å². The first-order valence-electron chi connectivity index (χ1n) is 10.5. The number of oxazole rings is 1. The highest BCUT2D eigenvalue weighted by molar-refractivity contribution is 5.84. The van der Waals surface area contributed by atoms with Crippen molar-refractivity contribution in [2.24, 2.45) is 5.73 Å². The summed E-state index contributed by atoms with van der Waals surface area (Å²) in [5, 5.41) is 3.09. The maximum atomic E-state index is 13.7. The number of hydrogen-bond donors (Lipinski definition) is 2. The van der Waals surface area contributed by atoms with Gasteiger partial charge in [0.1, 0.15) is 17.9 Å². The molecule has 0 saturated heterocycles. The van der Waals surface area contributed by atoms with E-state index in [1.54, 1.807) is 18.2 Å². The number of carbonyl (C=O) groups is 1. The number of carbonyl (C=O) groups excluding carboxylic acids is 1. The van der Waals surface area contributed by atoms with Gasteiger partial charge in [0.15, 0.2) is 16.7 Å². The zero-order valence-electron chi connectivity index (χ0n) is 18.5. The zero-order chi connectivity index (χ0) is 23.8. The maximum absolute atomic E-state index is 13.7. The van der Waals surface area contributed by atoms with Crippen molar-refractivity contribution in [3.8, 4) is 28.3 Å². The highest BCUT2D eigenvalue weighted by Crippen LogP contribution is 2.32. The highest BCUT2D eigenvalue weighted by atomic mass is 16.5. The number of rotatable bonds is 7. The van der Waals surface area contributed by atoms with Crippen molar-refractivity contribution in [1.29, 1.82) is 0 Å². The Kier molecular flexibility index (Phi) is 5.34. The number of aromatic amines is 1. The Bertz CT molecular complexity index is 1580. The van der Waals surface area contributed by atoms with Gasteiger partial charge in [-0.15, -0.1) is 0 Å². The van der Waals surface area contributed by atoms with E-state index in [2.05, 4.69) is 10.1 Å². The van der Waals surface area contributed by atoms with Crippen LogP contribution in [0.4, 0.5) is 0 Å². The minimum Gasteiger partial charge on any atom is -0.494 e. The molecule has 2 aromatic carbocycles. The van der Waals surface area contributed by atoms with Gasteiger partial charge in [0, 0.05) is 11.3 Å². The molecule has 5 aromatic rings. The highest BCUT2D eigenvalue weighted by Gasteiger charge is 2.24. The van der Waals surface area contributed by atoms with Crippen molar-refractivity contribution in [1.82, 2.24) is 19.6 Å². The fraction of sp³-hybridized carbons (Fsp3) is 0.167. The van der Waals surface area contributed by atoms with Gasteiger partial charge in [-0.3, -0.25) is 14.7 Å². The second-order valence-electron chi connectivity index (χ2n) is 7.66. The number of para-hydroxylation sites is 1. The molecular weight excluding hydrogens is 438 g/mol. The van der Waals surface area contributed by atoms with E-state index in [1.165, 1.54) is 11.6 Å². The molecule has 34 heavy (non-hydrogen) atoms. The van der Waals surface area contributed by atoms with Gasteiger partial charge in [0.25, 0.3) is 5.56 Å². The van der Waals surface area contributed by atoms with Crippen LogP contribution in [0.3, 0.4) is 0 Å². The molecule has 1 amide bonds. The summed E-state index contributed by atoms with van der Waals surface area (Å²) in [6.07, 6.45) is 0. The molecule has 3 heterocycles. The third-order valence-corrected chi connectivity index (χ3v) is 5.40. The Morgan fingerprint density at radius 3 is 2.65 bits per heavy atom. The lowest BCUT2D eigenvalue weighted by atomic mass is 10.1. The Morgan fingerprint density at radius 1 is 1.12 bits per heavy atom. The molecule has 0 radical (unpaired) electrons. The summed E-state index contributed by atoms with van der Waals surface area (Å²) in [6.45, 7) is 1.40. The van der Waals surface area contributed by atoms with Crippen LogP contribution in [0.5, 0.6) is 5.75 Å². The minimum absolute atomic E-state index is 0.0672. The molecule has 10 nitrogen and oxygen atoms in total. The van der Waals surface area contributed by atoms with Crippen molar-refractivity contribution < 1.29 is 18.7 Å². The molecular formula is C24H21N5O5. The molecule has 0 spiro atoms. The summed E-state index contributed by atoms with van der Waals surface area (Å²) in [7, 11) is 1.53. The molecule has 172 valence electrons. The number of aryl methyl sites for hydroxylation is 1. The van der Waals surface area contributed by atoms with Crippen molar-refractivity contribution in [2.45, 2.75) is 13.5 Å². The van der Waals surface area contributed by atoms with Gasteiger partial charge >= 0.3 is 0 Å². The molecule has 10 heteroatoms.